The Bertz CT molecular complexity index is 846. The minimum Gasteiger partial charge on any atom is -0.493 e. The van der Waals surface area contributed by atoms with Crippen molar-refractivity contribution >= 4 is 57.5 Å². The lowest BCUT2D eigenvalue weighted by molar-refractivity contribution is -0.115. The molecule has 0 saturated carbocycles. The summed E-state index contributed by atoms with van der Waals surface area (Å²) < 4.78 is 11.4. The van der Waals surface area contributed by atoms with Crippen LogP contribution in [0.15, 0.2) is 45.9 Å². The number of nitrogens with one attached hydrogen (secondary N) is 2. The highest BCUT2D eigenvalue weighted by Gasteiger charge is 2.07. The minimum absolute atomic E-state index is 0. The van der Waals surface area contributed by atoms with Crippen LogP contribution in [0.2, 0.25) is 0 Å². The van der Waals surface area contributed by atoms with Crippen molar-refractivity contribution in [1.82, 2.24) is 5.32 Å². The van der Waals surface area contributed by atoms with Gasteiger partial charge in [0.05, 0.1) is 27.3 Å². The van der Waals surface area contributed by atoms with E-state index in [4.69, 9.17) is 15.2 Å². The molecule has 7 nitrogen and oxygen atoms in total. The maximum Gasteiger partial charge on any atom is 0.243 e. The fourth-order valence-electron chi connectivity index (χ4n) is 2.31. The number of anilines is 1. The molecule has 28 heavy (non-hydrogen) atoms. The zero-order valence-electron chi connectivity index (χ0n) is 15.9. The average Bonchev–Trinajstić information content (AvgIpc) is 2.67. The lowest BCUT2D eigenvalue weighted by Gasteiger charge is -2.10. The highest BCUT2D eigenvalue weighted by molar-refractivity contribution is 14.0. The largest absolute Gasteiger partial charge is 0.493 e. The second-order valence-electron chi connectivity index (χ2n) is 5.75. The number of hydrogen-bond acceptors (Lipinski definition) is 4. The van der Waals surface area contributed by atoms with E-state index >= 15 is 0 Å². The van der Waals surface area contributed by atoms with Crippen molar-refractivity contribution in [2.24, 2.45) is 10.7 Å². The number of benzene rings is 2. The first-order chi connectivity index (χ1) is 12.9. The Kier molecular flexibility index (Phi) is 10.1. The Labute approximate surface area is 190 Å². The number of amides is 1. The number of ether oxygens (including phenoxy) is 2. The SMILES string of the molecule is COc1ccc(CN=C(N)NCC(=O)Nc2cc(Br)ccc2C)cc1OC.I. The van der Waals surface area contributed by atoms with Gasteiger partial charge >= 0.3 is 0 Å². The summed E-state index contributed by atoms with van der Waals surface area (Å²) in [7, 11) is 3.16. The van der Waals surface area contributed by atoms with E-state index in [1.165, 1.54) is 0 Å². The van der Waals surface area contributed by atoms with E-state index in [-0.39, 0.29) is 42.4 Å². The second-order valence-corrected chi connectivity index (χ2v) is 6.67. The van der Waals surface area contributed by atoms with Crippen molar-refractivity contribution in [3.63, 3.8) is 0 Å². The van der Waals surface area contributed by atoms with Gasteiger partial charge in [0.1, 0.15) is 0 Å². The summed E-state index contributed by atoms with van der Waals surface area (Å²) in [5, 5.41) is 5.64. The molecule has 152 valence electrons. The van der Waals surface area contributed by atoms with Gasteiger partial charge in [0.25, 0.3) is 0 Å². The number of nitrogens with zero attached hydrogens (tertiary/aromatic N) is 1. The van der Waals surface area contributed by atoms with Crippen LogP contribution in [0.4, 0.5) is 5.69 Å². The number of guanidine groups is 1. The maximum absolute atomic E-state index is 12.1. The Hall–Kier alpha value is -2.01. The highest BCUT2D eigenvalue weighted by Crippen LogP contribution is 2.27. The molecule has 2 aromatic rings. The number of carbonyl (C=O) groups excluding carboxylic acids is 1. The number of aliphatic imine (C=N–C) groups is 1. The fraction of sp³-hybridized carbons (Fsp3) is 0.263. The van der Waals surface area contributed by atoms with Crippen LogP contribution in [-0.2, 0) is 11.3 Å². The summed E-state index contributed by atoms with van der Waals surface area (Å²) in [5.74, 6) is 1.25. The standard InChI is InChI=1S/C19H23BrN4O3.HI/c1-12-4-6-14(20)9-15(12)24-18(25)11-23-19(21)22-10-13-5-7-16(26-2)17(8-13)27-3;/h4-9H,10-11H2,1-3H3,(H,24,25)(H3,21,22,23);1H. The third-order valence-electron chi connectivity index (χ3n) is 3.78. The van der Waals surface area contributed by atoms with Crippen molar-refractivity contribution < 1.29 is 14.3 Å². The van der Waals surface area contributed by atoms with E-state index in [9.17, 15) is 4.79 Å². The second kappa shape index (κ2) is 11.7. The smallest absolute Gasteiger partial charge is 0.243 e. The van der Waals surface area contributed by atoms with Gasteiger partial charge in [-0.25, -0.2) is 4.99 Å². The van der Waals surface area contributed by atoms with Crippen molar-refractivity contribution in [1.29, 1.82) is 0 Å². The first kappa shape index (κ1) is 24.0. The summed E-state index contributed by atoms with van der Waals surface area (Å²) in [6.07, 6.45) is 0. The predicted molar refractivity (Wildman–Crippen MR) is 126 cm³/mol. The first-order valence-electron chi connectivity index (χ1n) is 8.23. The molecule has 0 radical (unpaired) electrons. The molecule has 0 aliphatic heterocycles. The minimum atomic E-state index is -0.208. The van der Waals surface area contributed by atoms with E-state index in [0.29, 0.717) is 18.0 Å². The molecular weight excluding hydrogens is 539 g/mol. The van der Waals surface area contributed by atoms with Crippen LogP contribution in [0.5, 0.6) is 11.5 Å². The Morgan fingerprint density at radius 1 is 1.14 bits per heavy atom. The van der Waals surface area contributed by atoms with Crippen LogP contribution < -0.4 is 25.8 Å². The lowest BCUT2D eigenvalue weighted by atomic mass is 10.2. The van der Waals surface area contributed by atoms with E-state index in [2.05, 4.69) is 31.6 Å². The summed E-state index contributed by atoms with van der Waals surface area (Å²) in [6, 6.07) is 11.2. The van der Waals surface area contributed by atoms with Crippen LogP contribution in [0.1, 0.15) is 11.1 Å². The average molecular weight is 563 g/mol. The molecule has 0 heterocycles. The van der Waals surface area contributed by atoms with E-state index in [1.807, 2.05) is 37.3 Å². The molecule has 4 N–H and O–H groups in total. The summed E-state index contributed by atoms with van der Waals surface area (Å²) in [4.78, 5) is 16.3. The molecular formula is C19H24BrIN4O3. The van der Waals surface area contributed by atoms with Crippen molar-refractivity contribution in [2.75, 3.05) is 26.1 Å². The van der Waals surface area contributed by atoms with Gasteiger partial charge < -0.3 is 25.8 Å². The molecule has 1 amide bonds. The van der Waals surface area contributed by atoms with Crippen LogP contribution >= 0.6 is 39.9 Å². The summed E-state index contributed by atoms with van der Waals surface area (Å²) in [5.41, 5.74) is 8.47. The van der Waals surface area contributed by atoms with E-state index in [1.54, 1.807) is 20.3 Å². The number of methoxy groups -OCH3 is 2. The fourth-order valence-corrected chi connectivity index (χ4v) is 2.67. The molecule has 0 bridgehead atoms. The number of rotatable bonds is 7. The zero-order chi connectivity index (χ0) is 19.8. The maximum atomic E-state index is 12.1. The van der Waals surface area contributed by atoms with Gasteiger partial charge in [-0.1, -0.05) is 28.1 Å². The summed E-state index contributed by atoms with van der Waals surface area (Å²) in [6.45, 7) is 2.30. The van der Waals surface area contributed by atoms with Gasteiger partial charge in [0.15, 0.2) is 17.5 Å². The van der Waals surface area contributed by atoms with Crippen molar-refractivity contribution in [2.45, 2.75) is 13.5 Å². The topological polar surface area (TPSA) is 98.0 Å². The zero-order valence-corrected chi connectivity index (χ0v) is 19.8. The Morgan fingerprint density at radius 2 is 1.86 bits per heavy atom. The molecule has 9 heteroatoms. The van der Waals surface area contributed by atoms with Crippen molar-refractivity contribution in [3.8, 4) is 11.5 Å². The molecule has 0 aromatic heterocycles. The van der Waals surface area contributed by atoms with Crippen LogP contribution in [0.25, 0.3) is 0 Å². The van der Waals surface area contributed by atoms with Crippen LogP contribution in [-0.4, -0.2) is 32.6 Å². The molecule has 0 atom stereocenters. The third-order valence-corrected chi connectivity index (χ3v) is 4.28. The number of aryl methyl sites for hydroxylation is 1. The normalized spacial score (nSPS) is 10.6. The molecule has 0 unspecified atom stereocenters. The molecule has 0 spiro atoms. The van der Waals surface area contributed by atoms with Gasteiger partial charge in [0, 0.05) is 10.2 Å². The van der Waals surface area contributed by atoms with Gasteiger partial charge in [-0.2, -0.15) is 0 Å². The quantitative estimate of drug-likeness (QED) is 0.273. The van der Waals surface area contributed by atoms with Gasteiger partial charge in [0.2, 0.25) is 5.91 Å². The van der Waals surface area contributed by atoms with Crippen LogP contribution in [0, 0.1) is 6.92 Å². The van der Waals surface area contributed by atoms with Crippen molar-refractivity contribution in [3.05, 3.63) is 52.0 Å². The van der Waals surface area contributed by atoms with Gasteiger partial charge in [-0.3, -0.25) is 4.79 Å². The summed E-state index contributed by atoms with van der Waals surface area (Å²) >= 11 is 3.39. The third kappa shape index (κ3) is 7.19. The highest BCUT2D eigenvalue weighted by atomic mass is 127. The molecule has 2 aromatic carbocycles. The predicted octanol–water partition coefficient (Wildman–Crippen LogP) is 3.44. The number of nitrogens with two attached hydrogens (primary N) is 1. The Morgan fingerprint density at radius 3 is 2.54 bits per heavy atom. The van der Waals surface area contributed by atoms with Crippen LogP contribution in [0.3, 0.4) is 0 Å². The van der Waals surface area contributed by atoms with E-state index < -0.39 is 0 Å². The molecule has 0 fully saturated rings. The molecule has 0 aliphatic carbocycles. The molecule has 0 aliphatic rings. The number of carbonyl (C=O) groups is 1. The lowest BCUT2D eigenvalue weighted by Crippen LogP contribution is -2.37. The van der Waals surface area contributed by atoms with E-state index in [0.717, 1.165) is 21.3 Å². The molecule has 2 rings (SSSR count). The Balaban J connectivity index is 0.00000392. The monoisotopic (exact) mass is 562 g/mol. The number of hydrogen-bond donors (Lipinski definition) is 3. The molecule has 0 saturated heterocycles. The number of halogens is 2. The van der Waals surface area contributed by atoms with Gasteiger partial charge in [-0.05, 0) is 42.3 Å². The first-order valence-corrected chi connectivity index (χ1v) is 9.03. The van der Waals surface area contributed by atoms with Gasteiger partial charge in [-0.15, -0.1) is 24.0 Å².